The van der Waals surface area contributed by atoms with Crippen molar-refractivity contribution in [3.8, 4) is 6.19 Å². The van der Waals surface area contributed by atoms with E-state index >= 15 is 0 Å². The summed E-state index contributed by atoms with van der Waals surface area (Å²) in [6.45, 7) is 2.01. The second kappa shape index (κ2) is 13.3. The number of likely N-dealkylation sites (N-methyl/N-ethyl adjacent to an activating group) is 1. The number of hydrogen-bond donors (Lipinski definition) is 2. The minimum atomic E-state index is -0.261. The molecule has 2 heterocycles. The van der Waals surface area contributed by atoms with Gasteiger partial charge in [-0.2, -0.15) is 10.4 Å². The molecule has 5 rings (SSSR count). The number of halogens is 1. The number of aromatic nitrogens is 4. The van der Waals surface area contributed by atoms with Crippen LogP contribution in [0.3, 0.4) is 0 Å². The summed E-state index contributed by atoms with van der Waals surface area (Å²) in [6, 6.07) is 18.5. The van der Waals surface area contributed by atoms with Crippen molar-refractivity contribution in [2.24, 2.45) is 4.99 Å². The zero-order chi connectivity index (χ0) is 29.3. The largest absolute Gasteiger partial charge is 0.383 e. The van der Waals surface area contributed by atoms with Gasteiger partial charge in [-0.1, -0.05) is 30.4 Å². The van der Waals surface area contributed by atoms with Crippen molar-refractivity contribution < 1.29 is 9.13 Å². The lowest BCUT2D eigenvalue weighted by Crippen LogP contribution is -2.38. The smallest absolute Gasteiger partial charge is 0.207 e. The second-order valence-electron chi connectivity index (χ2n) is 9.55. The van der Waals surface area contributed by atoms with Gasteiger partial charge in [-0.25, -0.2) is 19.4 Å². The first-order chi connectivity index (χ1) is 20.5. The highest BCUT2D eigenvalue weighted by atomic mass is 19.1. The van der Waals surface area contributed by atoms with E-state index in [1.807, 2.05) is 77.4 Å². The number of benzene rings is 3. The second-order valence-corrected chi connectivity index (χ2v) is 9.55. The number of nitrogens with zero attached hydrogens (tertiary/aromatic N) is 7. The summed E-state index contributed by atoms with van der Waals surface area (Å²) in [5.41, 5.74) is 4.43. The SMILES string of the molecule is COCCN(C)C(=NCC=Cc1ccc2ncnc(Nc3ccc4c(cnn4Cc4cccc(F)c4)c3)c2c1)NC#N. The van der Waals surface area contributed by atoms with Gasteiger partial charge >= 0.3 is 0 Å². The number of hydrogen-bond acceptors (Lipinski definition) is 7. The predicted octanol–water partition coefficient (Wildman–Crippen LogP) is 4.93. The zero-order valence-corrected chi connectivity index (χ0v) is 23.3. The highest BCUT2D eigenvalue weighted by Gasteiger charge is 2.09. The van der Waals surface area contributed by atoms with E-state index in [0.717, 1.165) is 38.6 Å². The molecule has 212 valence electrons. The first-order valence-corrected chi connectivity index (χ1v) is 13.3. The van der Waals surface area contributed by atoms with Crippen molar-refractivity contribution in [1.82, 2.24) is 30.0 Å². The number of aliphatic imine (C=N–C) groups is 1. The van der Waals surface area contributed by atoms with E-state index in [4.69, 9.17) is 10.00 Å². The summed E-state index contributed by atoms with van der Waals surface area (Å²) >= 11 is 0. The van der Waals surface area contributed by atoms with E-state index in [1.165, 1.54) is 18.5 Å². The number of anilines is 2. The number of rotatable bonds is 10. The van der Waals surface area contributed by atoms with Crippen LogP contribution in [0.15, 0.2) is 84.3 Å². The molecular formula is C31H30FN9O. The van der Waals surface area contributed by atoms with Crippen molar-refractivity contribution >= 4 is 45.3 Å². The molecule has 0 aliphatic rings. The van der Waals surface area contributed by atoms with Gasteiger partial charge in [-0.15, -0.1) is 0 Å². The van der Waals surface area contributed by atoms with E-state index in [9.17, 15) is 4.39 Å². The van der Waals surface area contributed by atoms with Crippen molar-refractivity contribution in [1.29, 1.82) is 5.26 Å². The van der Waals surface area contributed by atoms with Crippen LogP contribution in [0.2, 0.25) is 0 Å². The molecular weight excluding hydrogens is 533 g/mol. The molecule has 0 unspecified atom stereocenters. The van der Waals surface area contributed by atoms with E-state index in [-0.39, 0.29) is 5.82 Å². The van der Waals surface area contributed by atoms with Gasteiger partial charge < -0.3 is 15.0 Å². The lowest BCUT2D eigenvalue weighted by atomic mass is 10.1. The van der Waals surface area contributed by atoms with Crippen LogP contribution in [0.25, 0.3) is 27.9 Å². The Labute approximate surface area is 242 Å². The molecule has 0 aliphatic heterocycles. The number of ether oxygens (including phenoxy) is 1. The Morgan fingerprint density at radius 3 is 2.90 bits per heavy atom. The maximum Gasteiger partial charge on any atom is 0.207 e. The molecule has 0 bridgehead atoms. The normalized spacial score (nSPS) is 11.7. The molecule has 0 amide bonds. The molecule has 10 nitrogen and oxygen atoms in total. The molecule has 42 heavy (non-hydrogen) atoms. The molecule has 0 saturated carbocycles. The van der Waals surface area contributed by atoms with E-state index in [1.54, 1.807) is 19.4 Å². The Bertz CT molecular complexity index is 1790. The summed E-state index contributed by atoms with van der Waals surface area (Å²) in [7, 11) is 3.48. The van der Waals surface area contributed by atoms with Gasteiger partial charge in [0, 0.05) is 37.2 Å². The quantitative estimate of drug-likeness (QED) is 0.106. The van der Waals surface area contributed by atoms with E-state index in [2.05, 4.69) is 30.7 Å². The van der Waals surface area contributed by atoms with Crippen LogP contribution in [0.1, 0.15) is 11.1 Å². The first kappa shape index (κ1) is 28.2. The minimum Gasteiger partial charge on any atom is -0.383 e. The average Bonchev–Trinajstić information content (AvgIpc) is 3.39. The summed E-state index contributed by atoms with van der Waals surface area (Å²) in [5.74, 6) is 0.900. The molecule has 5 aromatic rings. The van der Waals surface area contributed by atoms with Crippen molar-refractivity contribution in [3.05, 3.63) is 96.2 Å². The summed E-state index contributed by atoms with van der Waals surface area (Å²) in [4.78, 5) is 15.2. The van der Waals surface area contributed by atoms with Gasteiger partial charge in [-0.3, -0.25) is 10.00 Å². The van der Waals surface area contributed by atoms with E-state index < -0.39 is 0 Å². The van der Waals surface area contributed by atoms with Gasteiger partial charge in [0.15, 0.2) is 6.19 Å². The Morgan fingerprint density at radius 2 is 2.07 bits per heavy atom. The predicted molar refractivity (Wildman–Crippen MR) is 163 cm³/mol. The number of guanidine groups is 1. The van der Waals surface area contributed by atoms with Crippen molar-refractivity contribution in [3.63, 3.8) is 0 Å². The molecule has 2 aromatic heterocycles. The molecule has 2 N–H and O–H groups in total. The fraction of sp³-hybridized carbons (Fsp3) is 0.194. The maximum atomic E-state index is 13.6. The Balaban J connectivity index is 1.32. The first-order valence-electron chi connectivity index (χ1n) is 13.3. The molecule has 0 fully saturated rings. The van der Waals surface area contributed by atoms with Crippen LogP contribution in [-0.4, -0.2) is 64.5 Å². The zero-order valence-electron chi connectivity index (χ0n) is 23.3. The fourth-order valence-corrected chi connectivity index (χ4v) is 4.48. The number of nitriles is 1. The third-order valence-corrected chi connectivity index (χ3v) is 6.60. The van der Waals surface area contributed by atoms with Gasteiger partial charge in [0.2, 0.25) is 5.96 Å². The Kier molecular flexibility index (Phi) is 8.96. The molecule has 0 spiro atoms. The van der Waals surface area contributed by atoms with Gasteiger partial charge in [0.1, 0.15) is 18.0 Å². The fourth-order valence-electron chi connectivity index (χ4n) is 4.48. The summed E-state index contributed by atoms with van der Waals surface area (Å²) in [6.07, 6.45) is 9.16. The lowest BCUT2D eigenvalue weighted by molar-refractivity contribution is 0.182. The minimum absolute atomic E-state index is 0.261. The molecule has 3 aromatic carbocycles. The molecule has 0 atom stereocenters. The van der Waals surface area contributed by atoms with Crippen LogP contribution in [-0.2, 0) is 11.3 Å². The summed E-state index contributed by atoms with van der Waals surface area (Å²) < 4.78 is 20.6. The lowest BCUT2D eigenvalue weighted by Gasteiger charge is -2.18. The Hall–Kier alpha value is -5.34. The van der Waals surface area contributed by atoms with Gasteiger partial charge in [0.05, 0.1) is 36.9 Å². The van der Waals surface area contributed by atoms with E-state index in [0.29, 0.717) is 38.0 Å². The van der Waals surface area contributed by atoms with Crippen LogP contribution in [0.5, 0.6) is 0 Å². The van der Waals surface area contributed by atoms with Crippen molar-refractivity contribution in [2.45, 2.75) is 6.54 Å². The number of fused-ring (bicyclic) bond motifs is 2. The van der Waals surface area contributed by atoms with Gasteiger partial charge in [0.25, 0.3) is 0 Å². The highest BCUT2D eigenvalue weighted by Crippen LogP contribution is 2.27. The maximum absolute atomic E-state index is 13.6. The number of methoxy groups -OCH3 is 1. The monoisotopic (exact) mass is 563 g/mol. The topological polar surface area (TPSA) is 116 Å². The Morgan fingerprint density at radius 1 is 1.17 bits per heavy atom. The average molecular weight is 564 g/mol. The van der Waals surface area contributed by atoms with Crippen LogP contribution < -0.4 is 10.6 Å². The highest BCUT2D eigenvalue weighted by molar-refractivity contribution is 5.93. The molecule has 0 aliphatic carbocycles. The molecule has 11 heteroatoms. The standard InChI is InChI=1S/C31H30FN9O/c1-40(13-14-42-2)31(35-20-33)34-12-4-6-22-8-10-28-27(16-22)30(37-21-36-28)39-26-9-11-29-24(17-26)18-38-41(29)19-23-5-3-7-25(32)15-23/h3-11,15-18,21H,12-14,19H2,1-2H3,(H,34,35)(H,36,37,39). The molecule has 0 radical (unpaired) electrons. The number of nitrogens with one attached hydrogen (secondary N) is 2. The third-order valence-electron chi connectivity index (χ3n) is 6.60. The van der Waals surface area contributed by atoms with Crippen LogP contribution in [0, 0.1) is 17.3 Å². The van der Waals surface area contributed by atoms with Crippen molar-refractivity contribution in [2.75, 3.05) is 39.2 Å². The van der Waals surface area contributed by atoms with Crippen LogP contribution >= 0.6 is 0 Å². The summed E-state index contributed by atoms with van der Waals surface area (Å²) in [5, 5.41) is 21.4. The van der Waals surface area contributed by atoms with Gasteiger partial charge in [-0.05, 0) is 53.6 Å². The van der Waals surface area contributed by atoms with Crippen LogP contribution in [0.4, 0.5) is 15.9 Å². The third kappa shape index (κ3) is 6.86. The molecule has 0 saturated heterocycles.